The smallest absolute Gasteiger partial charge is 0.181 e. The van der Waals surface area contributed by atoms with Gasteiger partial charge in [0.2, 0.25) is 0 Å². The molecule has 0 aliphatic heterocycles. The van der Waals surface area contributed by atoms with Gasteiger partial charge in [0.25, 0.3) is 0 Å². The number of halogens is 1. The van der Waals surface area contributed by atoms with E-state index in [1.54, 1.807) is 6.07 Å². The van der Waals surface area contributed by atoms with Crippen LogP contribution in [0.1, 0.15) is 36.2 Å². The largest absolute Gasteiger partial charge is 0.238 e. The summed E-state index contributed by atoms with van der Waals surface area (Å²) in [5.74, 6) is -0.767. The molecule has 90 valence electrons. The molecule has 3 nitrogen and oxygen atoms in total. The van der Waals surface area contributed by atoms with Crippen molar-refractivity contribution in [3.63, 3.8) is 0 Å². The molecule has 0 saturated heterocycles. The third-order valence-electron chi connectivity index (χ3n) is 2.86. The van der Waals surface area contributed by atoms with Crippen molar-refractivity contribution in [3.05, 3.63) is 59.4 Å². The maximum Gasteiger partial charge on any atom is 0.181 e. The molecule has 0 N–H and O–H groups in total. The standard InChI is InChI=1S/C14H12FN3/c1-2-11(10-6-4-3-5-7-10)14-13(15)12(8-16)17-9-18-14/h3-7,9,11H,2H2,1H3. The zero-order valence-electron chi connectivity index (χ0n) is 9.97. The van der Waals surface area contributed by atoms with E-state index < -0.39 is 5.82 Å². The highest BCUT2D eigenvalue weighted by molar-refractivity contribution is 5.32. The van der Waals surface area contributed by atoms with E-state index in [4.69, 9.17) is 5.26 Å². The predicted octanol–water partition coefficient (Wildman–Crippen LogP) is 3.03. The Balaban J connectivity index is 2.50. The van der Waals surface area contributed by atoms with Gasteiger partial charge in [0.1, 0.15) is 12.4 Å². The monoisotopic (exact) mass is 241 g/mol. The first-order chi connectivity index (χ1) is 8.77. The Kier molecular flexibility index (Phi) is 3.63. The molecule has 2 rings (SSSR count). The van der Waals surface area contributed by atoms with E-state index in [1.807, 2.05) is 37.3 Å². The molecule has 0 spiro atoms. The SMILES string of the molecule is CCC(c1ccccc1)c1ncnc(C#N)c1F. The Morgan fingerprint density at radius 1 is 1.28 bits per heavy atom. The second kappa shape index (κ2) is 5.37. The Labute approximate surface area is 105 Å². The molecule has 18 heavy (non-hydrogen) atoms. The summed E-state index contributed by atoms with van der Waals surface area (Å²) in [7, 11) is 0. The van der Waals surface area contributed by atoms with Crippen LogP contribution in [0, 0.1) is 17.1 Å². The summed E-state index contributed by atoms with van der Waals surface area (Å²) in [6.07, 6.45) is 1.95. The van der Waals surface area contributed by atoms with E-state index in [0.29, 0.717) is 6.42 Å². The number of hydrogen-bond donors (Lipinski definition) is 0. The van der Waals surface area contributed by atoms with Crippen LogP contribution in [-0.2, 0) is 0 Å². The third-order valence-corrected chi connectivity index (χ3v) is 2.86. The minimum Gasteiger partial charge on any atom is -0.238 e. The van der Waals surface area contributed by atoms with Crippen LogP contribution in [-0.4, -0.2) is 9.97 Å². The second-order valence-corrected chi connectivity index (χ2v) is 3.90. The van der Waals surface area contributed by atoms with Crippen molar-refractivity contribution >= 4 is 0 Å². The predicted molar refractivity (Wildman–Crippen MR) is 65.3 cm³/mol. The van der Waals surface area contributed by atoms with Gasteiger partial charge in [-0.15, -0.1) is 0 Å². The summed E-state index contributed by atoms with van der Waals surface area (Å²) >= 11 is 0. The highest BCUT2D eigenvalue weighted by Crippen LogP contribution is 2.28. The van der Waals surface area contributed by atoms with Crippen molar-refractivity contribution in [2.45, 2.75) is 19.3 Å². The van der Waals surface area contributed by atoms with Crippen molar-refractivity contribution in [2.24, 2.45) is 0 Å². The van der Waals surface area contributed by atoms with Gasteiger partial charge in [0.15, 0.2) is 11.5 Å². The molecule has 1 unspecified atom stereocenters. The van der Waals surface area contributed by atoms with Crippen LogP contribution in [0.3, 0.4) is 0 Å². The van der Waals surface area contributed by atoms with Gasteiger partial charge in [-0.25, -0.2) is 14.4 Å². The maximum absolute atomic E-state index is 14.0. The van der Waals surface area contributed by atoms with Gasteiger partial charge in [0, 0.05) is 5.92 Å². The molecule has 0 aliphatic carbocycles. The lowest BCUT2D eigenvalue weighted by Gasteiger charge is -2.15. The minimum absolute atomic E-state index is 0.152. The fourth-order valence-corrected chi connectivity index (χ4v) is 1.98. The van der Waals surface area contributed by atoms with Crippen LogP contribution >= 0.6 is 0 Å². The Bertz CT molecular complexity index is 575. The molecule has 1 aromatic heterocycles. The molecular formula is C14H12FN3. The average molecular weight is 241 g/mol. The summed E-state index contributed by atoms with van der Waals surface area (Å²) < 4.78 is 14.0. The Hall–Kier alpha value is -2.28. The van der Waals surface area contributed by atoms with E-state index in [2.05, 4.69) is 9.97 Å². The lowest BCUT2D eigenvalue weighted by Crippen LogP contribution is -2.08. The highest BCUT2D eigenvalue weighted by Gasteiger charge is 2.20. The second-order valence-electron chi connectivity index (χ2n) is 3.90. The van der Waals surface area contributed by atoms with Crippen molar-refractivity contribution in [2.75, 3.05) is 0 Å². The quantitative estimate of drug-likeness (QED) is 0.829. The fraction of sp³-hybridized carbons (Fsp3) is 0.214. The molecule has 0 radical (unpaired) electrons. The van der Waals surface area contributed by atoms with E-state index in [-0.39, 0.29) is 17.3 Å². The number of aromatic nitrogens is 2. The molecule has 4 heteroatoms. The first kappa shape index (κ1) is 12.2. The summed E-state index contributed by atoms with van der Waals surface area (Å²) in [5, 5.41) is 8.79. The van der Waals surface area contributed by atoms with Crippen molar-refractivity contribution < 1.29 is 4.39 Å². The van der Waals surface area contributed by atoms with Gasteiger partial charge in [-0.3, -0.25) is 0 Å². The summed E-state index contributed by atoms with van der Waals surface area (Å²) in [6.45, 7) is 1.96. The van der Waals surface area contributed by atoms with Crippen LogP contribution < -0.4 is 0 Å². The Morgan fingerprint density at radius 2 is 2.00 bits per heavy atom. The molecule has 2 aromatic rings. The van der Waals surface area contributed by atoms with Gasteiger partial charge in [-0.1, -0.05) is 37.3 Å². The van der Waals surface area contributed by atoms with E-state index in [0.717, 1.165) is 5.56 Å². The molecule has 0 aliphatic rings. The van der Waals surface area contributed by atoms with Crippen molar-refractivity contribution in [3.8, 4) is 6.07 Å². The van der Waals surface area contributed by atoms with Crippen molar-refractivity contribution in [1.82, 2.24) is 9.97 Å². The van der Waals surface area contributed by atoms with E-state index >= 15 is 0 Å². The molecule has 1 aromatic carbocycles. The van der Waals surface area contributed by atoms with Gasteiger partial charge in [0.05, 0.1) is 5.69 Å². The third kappa shape index (κ3) is 2.21. The molecule has 0 saturated carbocycles. The first-order valence-corrected chi connectivity index (χ1v) is 5.73. The van der Waals surface area contributed by atoms with Gasteiger partial charge >= 0.3 is 0 Å². The molecular weight excluding hydrogens is 229 g/mol. The molecule has 0 bridgehead atoms. The maximum atomic E-state index is 14.0. The zero-order valence-corrected chi connectivity index (χ0v) is 9.97. The van der Waals surface area contributed by atoms with Crippen LogP contribution in [0.15, 0.2) is 36.7 Å². The van der Waals surface area contributed by atoms with Gasteiger partial charge in [-0.2, -0.15) is 5.26 Å². The van der Waals surface area contributed by atoms with Crippen LogP contribution in [0.2, 0.25) is 0 Å². The molecule has 0 fully saturated rings. The van der Waals surface area contributed by atoms with Crippen molar-refractivity contribution in [1.29, 1.82) is 5.26 Å². The average Bonchev–Trinajstić information content (AvgIpc) is 2.43. The zero-order chi connectivity index (χ0) is 13.0. The lowest BCUT2D eigenvalue weighted by atomic mass is 9.92. The normalized spacial score (nSPS) is 11.8. The lowest BCUT2D eigenvalue weighted by molar-refractivity contribution is 0.565. The number of benzene rings is 1. The molecule has 0 amide bonds. The van der Waals surface area contributed by atoms with E-state index in [1.165, 1.54) is 6.33 Å². The summed E-state index contributed by atoms with van der Waals surface area (Å²) in [4.78, 5) is 7.62. The minimum atomic E-state index is -0.615. The van der Waals surface area contributed by atoms with E-state index in [9.17, 15) is 4.39 Å². The van der Waals surface area contributed by atoms with Crippen LogP contribution in [0.4, 0.5) is 4.39 Å². The van der Waals surface area contributed by atoms with Gasteiger partial charge in [-0.05, 0) is 12.0 Å². The fourth-order valence-electron chi connectivity index (χ4n) is 1.98. The first-order valence-electron chi connectivity index (χ1n) is 5.73. The van der Waals surface area contributed by atoms with Crippen LogP contribution in [0.5, 0.6) is 0 Å². The molecule has 1 heterocycles. The summed E-state index contributed by atoms with van der Waals surface area (Å²) in [5.41, 5.74) is 1.08. The summed E-state index contributed by atoms with van der Waals surface area (Å²) in [6, 6.07) is 11.3. The highest BCUT2D eigenvalue weighted by atomic mass is 19.1. The van der Waals surface area contributed by atoms with Gasteiger partial charge < -0.3 is 0 Å². The molecule has 1 atom stereocenters. The number of nitriles is 1. The van der Waals surface area contributed by atoms with Crippen LogP contribution in [0.25, 0.3) is 0 Å². The Morgan fingerprint density at radius 3 is 2.61 bits per heavy atom. The number of hydrogen-bond acceptors (Lipinski definition) is 3. The number of rotatable bonds is 3. The number of nitrogens with zero attached hydrogens (tertiary/aromatic N) is 3. The topological polar surface area (TPSA) is 49.6 Å².